The van der Waals surface area contributed by atoms with Gasteiger partial charge in [-0.2, -0.15) is 9.97 Å². The number of nitrogens with two attached hydrogens (primary N) is 1. The van der Waals surface area contributed by atoms with Crippen molar-refractivity contribution < 1.29 is 27.0 Å². The highest BCUT2D eigenvalue weighted by molar-refractivity contribution is 5.97. The summed E-state index contributed by atoms with van der Waals surface area (Å²) in [4.78, 5) is 17.2. The lowest BCUT2D eigenvalue weighted by molar-refractivity contribution is -0.0132. The summed E-state index contributed by atoms with van der Waals surface area (Å²) >= 11 is 0. The number of ether oxygens (including phenoxy) is 2. The second-order valence-electron chi connectivity index (χ2n) is 12.2. The van der Waals surface area contributed by atoms with Crippen LogP contribution in [0.15, 0.2) is 12.1 Å². The standard InChI is InChI=1S/C29H33F4N7O2/c1-4-16-9-15(3)42-26-20-24(22(31)23(36-26)17-7-14(2)8-18(34)21(17)30)37-27(38-25(20)40-10-19(40)35-16)41-13-28-5-6-39(28)12-29(32,33)11-28/h7-8,15-16,19,35H,4-6,9-13,34H2,1-3H3/t15-,16-,19+,28?,40?/m0/s1. The van der Waals surface area contributed by atoms with Gasteiger partial charge in [-0.3, -0.25) is 10.2 Å². The molecule has 2 aromatic heterocycles. The van der Waals surface area contributed by atoms with Crippen molar-refractivity contribution >= 4 is 22.4 Å². The number of anilines is 2. The van der Waals surface area contributed by atoms with Crippen molar-refractivity contribution in [2.24, 2.45) is 0 Å². The Morgan fingerprint density at radius 2 is 2.00 bits per heavy atom. The number of aryl methyl sites for hydroxylation is 1. The summed E-state index contributed by atoms with van der Waals surface area (Å²) in [7, 11) is 0. The summed E-state index contributed by atoms with van der Waals surface area (Å²) in [6, 6.07) is 2.93. The van der Waals surface area contributed by atoms with E-state index in [0.29, 0.717) is 37.3 Å². The number of pyridine rings is 1. The zero-order valence-corrected chi connectivity index (χ0v) is 23.7. The minimum Gasteiger partial charge on any atom is -0.474 e. The average Bonchev–Trinajstić information content (AvgIpc) is 3.67. The molecule has 4 atom stereocenters. The molecule has 4 aliphatic heterocycles. The molecule has 13 heteroatoms. The van der Waals surface area contributed by atoms with E-state index in [1.54, 1.807) is 11.8 Å². The molecule has 1 unspecified atom stereocenters. The van der Waals surface area contributed by atoms with E-state index in [0.717, 1.165) is 6.42 Å². The number of rotatable bonds is 5. The summed E-state index contributed by atoms with van der Waals surface area (Å²) in [6.45, 7) is 6.51. The molecule has 224 valence electrons. The highest BCUT2D eigenvalue weighted by atomic mass is 19.3. The van der Waals surface area contributed by atoms with Crippen LogP contribution in [0.25, 0.3) is 22.2 Å². The minimum atomic E-state index is -2.80. The highest BCUT2D eigenvalue weighted by Gasteiger charge is 2.60. The van der Waals surface area contributed by atoms with E-state index in [2.05, 4.69) is 27.2 Å². The third-order valence-corrected chi connectivity index (χ3v) is 8.94. The Labute approximate surface area is 240 Å². The van der Waals surface area contributed by atoms with Gasteiger partial charge in [0.15, 0.2) is 17.5 Å². The molecule has 4 aliphatic rings. The smallest absolute Gasteiger partial charge is 0.319 e. The molecule has 42 heavy (non-hydrogen) atoms. The van der Waals surface area contributed by atoms with Crippen molar-refractivity contribution in [2.45, 2.75) is 76.2 Å². The maximum atomic E-state index is 16.4. The highest BCUT2D eigenvalue weighted by Crippen LogP contribution is 2.48. The molecule has 3 fully saturated rings. The molecular formula is C29H33F4N7O2. The van der Waals surface area contributed by atoms with E-state index in [1.807, 2.05) is 11.8 Å². The summed E-state index contributed by atoms with van der Waals surface area (Å²) in [5, 5.41) is 3.83. The van der Waals surface area contributed by atoms with E-state index >= 15 is 8.78 Å². The predicted octanol–water partition coefficient (Wildman–Crippen LogP) is 4.41. The van der Waals surface area contributed by atoms with Crippen molar-refractivity contribution in [3.8, 4) is 23.1 Å². The first-order valence-corrected chi connectivity index (χ1v) is 14.4. The third kappa shape index (κ3) is 4.48. The van der Waals surface area contributed by atoms with Crippen molar-refractivity contribution in [1.29, 1.82) is 0 Å². The van der Waals surface area contributed by atoms with E-state index < -0.39 is 23.1 Å². The number of nitrogens with zero attached hydrogens (tertiary/aromatic N) is 5. The monoisotopic (exact) mass is 587 g/mol. The molecule has 0 aliphatic carbocycles. The number of hydrogen-bond acceptors (Lipinski definition) is 9. The second kappa shape index (κ2) is 9.53. The molecule has 0 bridgehead atoms. The number of benzene rings is 1. The fourth-order valence-corrected chi connectivity index (χ4v) is 6.65. The van der Waals surface area contributed by atoms with Crippen molar-refractivity contribution in [3.05, 3.63) is 29.3 Å². The Morgan fingerprint density at radius 1 is 1.19 bits per heavy atom. The topological polar surface area (TPSA) is 101 Å². The fourth-order valence-electron chi connectivity index (χ4n) is 6.65. The SMILES string of the molecule is CC[C@H]1C[C@H](C)Oc2nc(-c3cc(C)cc(N)c3F)c(F)c3nc(OCC45CCN4CC(F)(F)C5)nc(c23)N2C[C@@H]2N1. The largest absolute Gasteiger partial charge is 0.474 e. The van der Waals surface area contributed by atoms with Gasteiger partial charge in [0.25, 0.3) is 5.92 Å². The summed E-state index contributed by atoms with van der Waals surface area (Å²) in [6.07, 6.45) is 1.41. The first kappa shape index (κ1) is 27.4. The van der Waals surface area contributed by atoms with Gasteiger partial charge < -0.3 is 20.1 Å². The molecule has 7 rings (SSSR count). The normalized spacial score (nSPS) is 28.1. The molecule has 3 N–H and O–H groups in total. The van der Waals surface area contributed by atoms with E-state index in [-0.39, 0.29) is 77.6 Å². The number of nitrogen functional groups attached to an aromatic ring is 1. The zero-order chi connectivity index (χ0) is 29.6. The van der Waals surface area contributed by atoms with Crippen LogP contribution in [0.3, 0.4) is 0 Å². The van der Waals surface area contributed by atoms with Crippen LogP contribution >= 0.6 is 0 Å². The van der Waals surface area contributed by atoms with Crippen LogP contribution in [0.2, 0.25) is 0 Å². The lowest BCUT2D eigenvalue weighted by Gasteiger charge is -2.46. The second-order valence-corrected chi connectivity index (χ2v) is 12.2. The van der Waals surface area contributed by atoms with Gasteiger partial charge in [-0.15, -0.1) is 0 Å². The summed E-state index contributed by atoms with van der Waals surface area (Å²) < 4.78 is 72.5. The van der Waals surface area contributed by atoms with Crippen LogP contribution in [-0.2, 0) is 0 Å². The maximum absolute atomic E-state index is 16.4. The Kier molecular flexibility index (Phi) is 6.21. The first-order valence-electron chi connectivity index (χ1n) is 14.4. The van der Waals surface area contributed by atoms with Crippen molar-refractivity contribution in [2.75, 3.05) is 36.9 Å². The van der Waals surface area contributed by atoms with Crippen molar-refractivity contribution in [3.63, 3.8) is 0 Å². The molecule has 0 spiro atoms. The number of aromatic nitrogens is 3. The van der Waals surface area contributed by atoms with Gasteiger partial charge in [-0.05, 0) is 50.8 Å². The predicted molar refractivity (Wildman–Crippen MR) is 149 cm³/mol. The molecule has 3 aromatic rings. The molecule has 6 heterocycles. The van der Waals surface area contributed by atoms with E-state index in [1.165, 1.54) is 12.1 Å². The number of hydrogen-bond donors (Lipinski definition) is 2. The maximum Gasteiger partial charge on any atom is 0.319 e. The molecular weight excluding hydrogens is 554 g/mol. The van der Waals surface area contributed by atoms with Crippen LogP contribution in [0, 0.1) is 18.6 Å². The quantitative estimate of drug-likeness (QED) is 0.255. The Hall–Kier alpha value is -3.45. The zero-order valence-electron chi connectivity index (χ0n) is 23.7. The first-order chi connectivity index (χ1) is 20.0. The van der Waals surface area contributed by atoms with Gasteiger partial charge >= 0.3 is 6.01 Å². The van der Waals surface area contributed by atoms with Gasteiger partial charge in [-0.25, -0.2) is 22.5 Å². The molecule has 0 amide bonds. The number of fused-ring (bicyclic) bond motifs is 3. The van der Waals surface area contributed by atoms with Gasteiger partial charge in [-0.1, -0.05) is 6.92 Å². The van der Waals surface area contributed by atoms with Crippen LogP contribution < -0.4 is 25.4 Å². The van der Waals surface area contributed by atoms with Crippen LogP contribution in [0.4, 0.5) is 29.1 Å². The number of halogens is 4. The molecule has 1 aromatic carbocycles. The summed E-state index contributed by atoms with van der Waals surface area (Å²) in [5.74, 6) is -4.05. The van der Waals surface area contributed by atoms with Crippen LogP contribution in [-0.4, -0.2) is 75.9 Å². The molecule has 9 nitrogen and oxygen atoms in total. The molecule has 3 saturated heterocycles. The number of nitrogens with one attached hydrogen (secondary N) is 1. The van der Waals surface area contributed by atoms with Gasteiger partial charge in [0.2, 0.25) is 5.88 Å². The third-order valence-electron chi connectivity index (χ3n) is 8.94. The van der Waals surface area contributed by atoms with Crippen molar-refractivity contribution in [1.82, 2.24) is 25.2 Å². The lowest BCUT2D eigenvalue weighted by atomic mass is 9.85. The minimum absolute atomic E-state index is 0.0509. The van der Waals surface area contributed by atoms with E-state index in [9.17, 15) is 8.78 Å². The van der Waals surface area contributed by atoms with Crippen LogP contribution in [0.1, 0.15) is 45.1 Å². The fraction of sp³-hybridized carbons (Fsp3) is 0.552. The molecule has 0 radical (unpaired) electrons. The Morgan fingerprint density at radius 3 is 2.71 bits per heavy atom. The van der Waals surface area contributed by atoms with Gasteiger partial charge in [0.1, 0.15) is 23.2 Å². The van der Waals surface area contributed by atoms with Gasteiger partial charge in [0.05, 0.1) is 36.6 Å². The van der Waals surface area contributed by atoms with Crippen LogP contribution in [0.5, 0.6) is 11.9 Å². The van der Waals surface area contributed by atoms with E-state index in [4.69, 9.17) is 15.2 Å². The Bertz CT molecular complexity index is 1590. The lowest BCUT2D eigenvalue weighted by Crippen LogP contribution is -2.59. The van der Waals surface area contributed by atoms with Gasteiger partial charge in [0, 0.05) is 24.6 Å². The Balaban J connectivity index is 1.38. The average molecular weight is 588 g/mol. The molecule has 0 saturated carbocycles. The number of alkyl halides is 2. The summed E-state index contributed by atoms with van der Waals surface area (Å²) in [5.41, 5.74) is 5.01.